The van der Waals surface area contributed by atoms with Crippen LogP contribution in [-0.4, -0.2) is 54.3 Å². The van der Waals surface area contributed by atoms with Crippen molar-refractivity contribution in [2.45, 2.75) is 33.1 Å². The zero-order chi connectivity index (χ0) is 15.5. The van der Waals surface area contributed by atoms with Crippen LogP contribution in [0.4, 0.5) is 0 Å². The molecule has 0 aromatic rings. The second kappa shape index (κ2) is 10.8. The second-order valence-electron chi connectivity index (χ2n) is 4.90. The highest BCUT2D eigenvalue weighted by Gasteiger charge is 2.31. The molecule has 0 spiro atoms. The van der Waals surface area contributed by atoms with Crippen molar-refractivity contribution in [2.24, 2.45) is 5.41 Å². The van der Waals surface area contributed by atoms with Gasteiger partial charge >= 0.3 is 0 Å². The molecular weight excluding hydrogens is 304 g/mol. The SMILES string of the molecule is CCC(CC)(COCCCOCCOC)CS(=O)(=O)Cl. The molecule has 0 aliphatic rings. The van der Waals surface area contributed by atoms with E-state index in [0.717, 1.165) is 19.3 Å². The van der Waals surface area contributed by atoms with Crippen LogP contribution in [0.15, 0.2) is 0 Å². The van der Waals surface area contributed by atoms with Gasteiger partial charge < -0.3 is 14.2 Å². The van der Waals surface area contributed by atoms with E-state index in [4.69, 9.17) is 24.9 Å². The molecule has 0 amide bonds. The first-order valence-corrected chi connectivity index (χ1v) is 9.43. The van der Waals surface area contributed by atoms with Gasteiger partial charge in [-0.3, -0.25) is 0 Å². The average Bonchev–Trinajstić information content (AvgIpc) is 2.39. The first-order chi connectivity index (χ1) is 9.39. The summed E-state index contributed by atoms with van der Waals surface area (Å²) in [6.07, 6.45) is 2.22. The second-order valence-corrected chi connectivity index (χ2v) is 7.68. The Balaban J connectivity index is 3.93. The summed E-state index contributed by atoms with van der Waals surface area (Å²) in [6.45, 7) is 6.66. The zero-order valence-corrected chi connectivity index (χ0v) is 14.3. The van der Waals surface area contributed by atoms with Crippen molar-refractivity contribution < 1.29 is 22.6 Å². The highest BCUT2D eigenvalue weighted by Crippen LogP contribution is 2.30. The van der Waals surface area contributed by atoms with Crippen LogP contribution in [0.3, 0.4) is 0 Å². The summed E-state index contributed by atoms with van der Waals surface area (Å²) in [5, 5.41) is 0. The molecule has 20 heavy (non-hydrogen) atoms. The largest absolute Gasteiger partial charge is 0.382 e. The van der Waals surface area contributed by atoms with Gasteiger partial charge in [-0.1, -0.05) is 13.8 Å². The summed E-state index contributed by atoms with van der Waals surface area (Å²) in [5.41, 5.74) is -0.391. The minimum Gasteiger partial charge on any atom is -0.382 e. The maximum atomic E-state index is 11.3. The lowest BCUT2D eigenvalue weighted by molar-refractivity contribution is 0.0249. The van der Waals surface area contributed by atoms with Crippen molar-refractivity contribution in [3.05, 3.63) is 0 Å². The summed E-state index contributed by atoms with van der Waals surface area (Å²) in [6, 6.07) is 0. The molecular formula is C13H27ClO5S. The van der Waals surface area contributed by atoms with Crippen LogP contribution in [0.5, 0.6) is 0 Å². The predicted octanol–water partition coefficient (Wildman–Crippen LogP) is 2.43. The highest BCUT2D eigenvalue weighted by atomic mass is 35.7. The molecule has 0 saturated carbocycles. The molecule has 0 aliphatic carbocycles. The summed E-state index contributed by atoms with van der Waals surface area (Å²) < 4.78 is 38.3. The normalized spacial score (nSPS) is 12.8. The van der Waals surface area contributed by atoms with Crippen LogP contribution in [0.2, 0.25) is 0 Å². The molecule has 0 aromatic heterocycles. The van der Waals surface area contributed by atoms with Crippen LogP contribution < -0.4 is 0 Å². The van der Waals surface area contributed by atoms with Crippen molar-refractivity contribution in [3.63, 3.8) is 0 Å². The first kappa shape index (κ1) is 20.1. The van der Waals surface area contributed by atoms with Gasteiger partial charge in [0.15, 0.2) is 0 Å². The summed E-state index contributed by atoms with van der Waals surface area (Å²) >= 11 is 0. The molecule has 7 heteroatoms. The molecule has 0 fully saturated rings. The highest BCUT2D eigenvalue weighted by molar-refractivity contribution is 8.13. The van der Waals surface area contributed by atoms with Gasteiger partial charge in [-0.05, 0) is 19.3 Å². The standard InChI is InChI=1S/C13H27ClO5S/c1-4-13(5-2,12-20(14,15)16)11-19-8-6-7-18-10-9-17-3/h4-12H2,1-3H3. The van der Waals surface area contributed by atoms with Gasteiger partial charge in [0, 0.05) is 36.4 Å². The predicted molar refractivity (Wildman–Crippen MR) is 80.8 cm³/mol. The Labute approximate surface area is 127 Å². The third-order valence-electron chi connectivity index (χ3n) is 3.40. The molecule has 0 saturated heterocycles. The van der Waals surface area contributed by atoms with Crippen LogP contribution in [0.1, 0.15) is 33.1 Å². The van der Waals surface area contributed by atoms with Crippen molar-refractivity contribution in [1.82, 2.24) is 0 Å². The van der Waals surface area contributed by atoms with E-state index in [2.05, 4.69) is 0 Å². The number of ether oxygens (including phenoxy) is 3. The molecule has 0 atom stereocenters. The van der Waals surface area contributed by atoms with E-state index >= 15 is 0 Å². The van der Waals surface area contributed by atoms with Gasteiger partial charge in [-0.2, -0.15) is 0 Å². The van der Waals surface area contributed by atoms with Gasteiger partial charge in [0.05, 0.1) is 25.6 Å². The topological polar surface area (TPSA) is 61.8 Å². The van der Waals surface area contributed by atoms with Crippen molar-refractivity contribution in [2.75, 3.05) is 45.9 Å². The molecule has 0 aromatic carbocycles. The third-order valence-corrected chi connectivity index (χ3v) is 4.68. The molecule has 0 bridgehead atoms. The summed E-state index contributed by atoms with van der Waals surface area (Å²) in [5.74, 6) is -0.0428. The van der Waals surface area contributed by atoms with Crippen molar-refractivity contribution in [3.8, 4) is 0 Å². The van der Waals surface area contributed by atoms with Gasteiger partial charge in [-0.15, -0.1) is 0 Å². The van der Waals surface area contributed by atoms with E-state index in [-0.39, 0.29) is 5.75 Å². The van der Waals surface area contributed by atoms with Gasteiger partial charge in [0.25, 0.3) is 0 Å². The zero-order valence-electron chi connectivity index (χ0n) is 12.7. The number of hydrogen-bond donors (Lipinski definition) is 0. The van der Waals surface area contributed by atoms with Gasteiger partial charge in [0.1, 0.15) is 0 Å². The minimum absolute atomic E-state index is 0.0428. The molecule has 5 nitrogen and oxygen atoms in total. The van der Waals surface area contributed by atoms with Crippen molar-refractivity contribution in [1.29, 1.82) is 0 Å². The van der Waals surface area contributed by atoms with E-state index in [1.165, 1.54) is 0 Å². The molecule has 0 radical (unpaired) electrons. The minimum atomic E-state index is -3.51. The molecule has 122 valence electrons. The smallest absolute Gasteiger partial charge is 0.233 e. The Bertz CT molecular complexity index is 328. The van der Waals surface area contributed by atoms with Crippen molar-refractivity contribution >= 4 is 19.7 Å². The van der Waals surface area contributed by atoms with E-state index in [9.17, 15) is 8.42 Å². The Morgan fingerprint density at radius 3 is 2.10 bits per heavy atom. The van der Waals surface area contributed by atoms with E-state index in [1.54, 1.807) is 7.11 Å². The van der Waals surface area contributed by atoms with Gasteiger partial charge in [-0.25, -0.2) is 8.42 Å². The van der Waals surface area contributed by atoms with E-state index in [0.29, 0.717) is 33.0 Å². The van der Waals surface area contributed by atoms with Crippen LogP contribution >= 0.6 is 10.7 Å². The Morgan fingerprint density at radius 1 is 1.00 bits per heavy atom. The fraction of sp³-hybridized carbons (Fsp3) is 1.00. The lowest BCUT2D eigenvalue weighted by Gasteiger charge is -2.29. The average molecular weight is 331 g/mol. The molecule has 0 N–H and O–H groups in total. The fourth-order valence-electron chi connectivity index (χ4n) is 1.86. The molecule has 0 rings (SSSR count). The van der Waals surface area contributed by atoms with Crippen LogP contribution in [0.25, 0.3) is 0 Å². The van der Waals surface area contributed by atoms with Crippen LogP contribution in [-0.2, 0) is 23.3 Å². The van der Waals surface area contributed by atoms with Crippen LogP contribution in [0, 0.1) is 5.41 Å². The first-order valence-electron chi connectivity index (χ1n) is 6.96. The summed E-state index contributed by atoms with van der Waals surface area (Å²) in [7, 11) is 3.49. The Hall–Kier alpha value is 0.120. The Morgan fingerprint density at radius 2 is 1.60 bits per heavy atom. The fourth-order valence-corrected chi connectivity index (χ4v) is 3.78. The van der Waals surface area contributed by atoms with Gasteiger partial charge in [0.2, 0.25) is 9.05 Å². The number of rotatable bonds is 13. The number of hydrogen-bond acceptors (Lipinski definition) is 5. The quantitative estimate of drug-likeness (QED) is 0.383. The third kappa shape index (κ3) is 9.94. The lowest BCUT2D eigenvalue weighted by Crippen LogP contribution is -2.32. The Kier molecular flexibility index (Phi) is 10.9. The van der Waals surface area contributed by atoms with E-state index < -0.39 is 14.5 Å². The number of methoxy groups -OCH3 is 1. The molecule has 0 unspecified atom stereocenters. The molecule has 0 aliphatic heterocycles. The molecule has 0 heterocycles. The summed E-state index contributed by atoms with van der Waals surface area (Å²) in [4.78, 5) is 0. The monoisotopic (exact) mass is 330 g/mol. The maximum Gasteiger partial charge on any atom is 0.233 e. The van der Waals surface area contributed by atoms with E-state index in [1.807, 2.05) is 13.8 Å². The number of halogens is 1. The maximum absolute atomic E-state index is 11.3. The lowest BCUT2D eigenvalue weighted by atomic mass is 9.85.